The highest BCUT2D eigenvalue weighted by Crippen LogP contribution is 2.24. The van der Waals surface area contributed by atoms with E-state index < -0.39 is 11.9 Å². The minimum Gasteiger partial charge on any atom is -0.339 e. The van der Waals surface area contributed by atoms with Crippen LogP contribution in [0.5, 0.6) is 0 Å². The molecule has 0 spiro atoms. The van der Waals surface area contributed by atoms with Gasteiger partial charge in [-0.2, -0.15) is 5.10 Å². The van der Waals surface area contributed by atoms with E-state index in [1.807, 2.05) is 30.3 Å². The maximum absolute atomic E-state index is 14.0. The molecular weight excluding hydrogens is 341 g/mol. The molecule has 0 aliphatic heterocycles. The Balaban J connectivity index is 1.90. The van der Waals surface area contributed by atoms with Crippen LogP contribution in [-0.4, -0.2) is 27.6 Å². The molecule has 0 saturated heterocycles. The fourth-order valence-corrected chi connectivity index (χ4v) is 2.91. The van der Waals surface area contributed by atoms with Crippen molar-refractivity contribution in [1.82, 2.24) is 14.7 Å². The molecule has 128 valence electrons. The van der Waals surface area contributed by atoms with Gasteiger partial charge in [0.15, 0.2) is 6.04 Å². The van der Waals surface area contributed by atoms with E-state index in [1.54, 1.807) is 42.3 Å². The van der Waals surface area contributed by atoms with Crippen LogP contribution in [-0.2, 0) is 11.3 Å². The van der Waals surface area contributed by atoms with Crippen molar-refractivity contribution in [3.63, 3.8) is 0 Å². The van der Waals surface area contributed by atoms with Crippen LogP contribution in [0.1, 0.15) is 17.2 Å². The van der Waals surface area contributed by atoms with E-state index in [9.17, 15) is 9.18 Å². The number of likely N-dealkylation sites (N-methyl/N-ethyl adjacent to an activating group) is 1. The number of hydrogen-bond donors (Lipinski definition) is 0. The molecule has 1 aromatic heterocycles. The van der Waals surface area contributed by atoms with E-state index in [0.717, 1.165) is 5.56 Å². The molecule has 0 N–H and O–H groups in total. The van der Waals surface area contributed by atoms with Crippen LogP contribution in [0.4, 0.5) is 4.39 Å². The average Bonchev–Trinajstić information content (AvgIpc) is 3.13. The van der Waals surface area contributed by atoms with Crippen molar-refractivity contribution in [1.29, 1.82) is 0 Å². The highest BCUT2D eigenvalue weighted by molar-refractivity contribution is 6.31. The standard InChI is InChI=1S/C19H17ClFN3O/c1-23(13-15-16(20)9-5-10-17(15)21)19(25)18(24-12-6-11-22-24)14-7-3-2-4-8-14/h2-12,18H,13H2,1H3/t18-/m1/s1. The third-order valence-electron chi connectivity index (χ3n) is 3.97. The lowest BCUT2D eigenvalue weighted by molar-refractivity contribution is -0.133. The van der Waals surface area contributed by atoms with Crippen molar-refractivity contribution in [2.45, 2.75) is 12.6 Å². The van der Waals surface area contributed by atoms with Gasteiger partial charge in [0, 0.05) is 36.6 Å². The fourth-order valence-electron chi connectivity index (χ4n) is 2.68. The normalized spacial score (nSPS) is 12.0. The molecular formula is C19H17ClFN3O. The SMILES string of the molecule is CN(Cc1c(F)cccc1Cl)C(=O)[C@@H](c1ccccc1)n1cccn1. The predicted molar refractivity (Wildman–Crippen MR) is 94.7 cm³/mol. The average molecular weight is 358 g/mol. The second-order valence-corrected chi connectivity index (χ2v) is 6.10. The summed E-state index contributed by atoms with van der Waals surface area (Å²) in [6.07, 6.45) is 3.36. The van der Waals surface area contributed by atoms with Crippen LogP contribution >= 0.6 is 11.6 Å². The Hall–Kier alpha value is -2.66. The van der Waals surface area contributed by atoms with E-state index in [-0.39, 0.29) is 12.5 Å². The van der Waals surface area contributed by atoms with Crippen LogP contribution in [0, 0.1) is 5.82 Å². The summed E-state index contributed by atoms with van der Waals surface area (Å²) in [5, 5.41) is 4.51. The minimum atomic E-state index is -0.619. The van der Waals surface area contributed by atoms with Gasteiger partial charge in [0.2, 0.25) is 0 Å². The molecule has 0 fully saturated rings. The zero-order chi connectivity index (χ0) is 17.8. The number of amides is 1. The summed E-state index contributed by atoms with van der Waals surface area (Å²) in [6.45, 7) is 0.0783. The van der Waals surface area contributed by atoms with Crippen molar-refractivity contribution in [2.75, 3.05) is 7.05 Å². The van der Waals surface area contributed by atoms with Gasteiger partial charge in [-0.25, -0.2) is 4.39 Å². The number of carbonyl (C=O) groups excluding carboxylic acids is 1. The topological polar surface area (TPSA) is 38.1 Å². The third kappa shape index (κ3) is 3.72. The zero-order valence-electron chi connectivity index (χ0n) is 13.6. The molecule has 25 heavy (non-hydrogen) atoms. The summed E-state index contributed by atoms with van der Waals surface area (Å²) in [4.78, 5) is 14.5. The van der Waals surface area contributed by atoms with Gasteiger partial charge in [0.05, 0.1) is 0 Å². The number of hydrogen-bond acceptors (Lipinski definition) is 2. The van der Waals surface area contributed by atoms with Gasteiger partial charge in [-0.15, -0.1) is 0 Å². The molecule has 6 heteroatoms. The van der Waals surface area contributed by atoms with Crippen molar-refractivity contribution < 1.29 is 9.18 Å². The first-order chi connectivity index (χ1) is 12.1. The molecule has 0 aliphatic carbocycles. The molecule has 0 saturated carbocycles. The molecule has 3 rings (SSSR count). The summed E-state index contributed by atoms with van der Waals surface area (Å²) in [5.74, 6) is -0.628. The van der Waals surface area contributed by atoms with Gasteiger partial charge >= 0.3 is 0 Å². The Labute approximate surface area is 150 Å². The van der Waals surface area contributed by atoms with E-state index in [4.69, 9.17) is 11.6 Å². The van der Waals surface area contributed by atoms with Gasteiger partial charge < -0.3 is 4.90 Å². The highest BCUT2D eigenvalue weighted by Gasteiger charge is 2.27. The van der Waals surface area contributed by atoms with Crippen molar-refractivity contribution in [3.8, 4) is 0 Å². The van der Waals surface area contributed by atoms with Crippen LogP contribution in [0.25, 0.3) is 0 Å². The van der Waals surface area contributed by atoms with Crippen molar-refractivity contribution in [2.24, 2.45) is 0 Å². The Morgan fingerprint density at radius 2 is 1.96 bits per heavy atom. The predicted octanol–water partition coefficient (Wildman–Crippen LogP) is 3.92. The first kappa shape index (κ1) is 17.2. The van der Waals surface area contributed by atoms with Gasteiger partial charge in [-0.3, -0.25) is 9.48 Å². The van der Waals surface area contributed by atoms with E-state index in [1.165, 1.54) is 11.0 Å². The van der Waals surface area contributed by atoms with E-state index >= 15 is 0 Å². The lowest BCUT2D eigenvalue weighted by Gasteiger charge is -2.25. The largest absolute Gasteiger partial charge is 0.339 e. The summed E-state index contributed by atoms with van der Waals surface area (Å²) >= 11 is 6.08. The molecule has 1 amide bonds. The number of halogens is 2. The van der Waals surface area contributed by atoms with Gasteiger partial charge in [0.25, 0.3) is 5.91 Å². The highest BCUT2D eigenvalue weighted by atomic mass is 35.5. The summed E-state index contributed by atoms with van der Waals surface area (Å²) in [6, 6.07) is 15.0. The van der Waals surface area contributed by atoms with Gasteiger partial charge in [-0.05, 0) is 23.8 Å². The molecule has 2 aromatic carbocycles. The van der Waals surface area contributed by atoms with Crippen LogP contribution < -0.4 is 0 Å². The minimum absolute atomic E-state index is 0.0783. The quantitative estimate of drug-likeness (QED) is 0.694. The number of rotatable bonds is 5. The van der Waals surface area contributed by atoms with Crippen molar-refractivity contribution >= 4 is 17.5 Å². The first-order valence-corrected chi connectivity index (χ1v) is 8.17. The lowest BCUT2D eigenvalue weighted by Crippen LogP contribution is -2.35. The van der Waals surface area contributed by atoms with Crippen LogP contribution in [0.3, 0.4) is 0 Å². The number of benzene rings is 2. The van der Waals surface area contributed by atoms with Gasteiger partial charge in [0.1, 0.15) is 5.82 Å². The van der Waals surface area contributed by atoms with Crippen molar-refractivity contribution in [3.05, 3.63) is 89.0 Å². The zero-order valence-corrected chi connectivity index (χ0v) is 14.4. The number of nitrogens with zero attached hydrogens (tertiary/aromatic N) is 3. The molecule has 0 bridgehead atoms. The molecule has 4 nitrogen and oxygen atoms in total. The smallest absolute Gasteiger partial charge is 0.252 e. The Kier molecular flexibility index (Phi) is 5.14. The second-order valence-electron chi connectivity index (χ2n) is 5.69. The number of aromatic nitrogens is 2. The molecule has 0 unspecified atom stereocenters. The Bertz CT molecular complexity index is 832. The van der Waals surface area contributed by atoms with E-state index in [0.29, 0.717) is 10.6 Å². The second kappa shape index (κ2) is 7.49. The maximum Gasteiger partial charge on any atom is 0.252 e. The molecule has 0 radical (unpaired) electrons. The monoisotopic (exact) mass is 357 g/mol. The summed E-state index contributed by atoms with van der Waals surface area (Å²) < 4.78 is 15.6. The van der Waals surface area contributed by atoms with Gasteiger partial charge in [-0.1, -0.05) is 48.0 Å². The Morgan fingerprint density at radius 1 is 1.20 bits per heavy atom. The summed E-state index contributed by atoms with van der Waals surface area (Å²) in [5.41, 5.74) is 1.11. The molecule has 3 aromatic rings. The molecule has 0 aliphatic rings. The van der Waals surface area contributed by atoms with Crippen LogP contribution in [0.2, 0.25) is 5.02 Å². The summed E-state index contributed by atoms with van der Waals surface area (Å²) in [7, 11) is 1.63. The maximum atomic E-state index is 14.0. The van der Waals surface area contributed by atoms with E-state index in [2.05, 4.69) is 5.10 Å². The fraction of sp³-hybridized carbons (Fsp3) is 0.158. The first-order valence-electron chi connectivity index (χ1n) is 7.80. The lowest BCUT2D eigenvalue weighted by atomic mass is 10.1. The molecule has 1 atom stereocenters. The number of carbonyl (C=O) groups is 1. The third-order valence-corrected chi connectivity index (χ3v) is 4.33. The van der Waals surface area contributed by atoms with Crippen LogP contribution in [0.15, 0.2) is 67.0 Å². The molecule has 1 heterocycles. The Morgan fingerprint density at radius 3 is 2.60 bits per heavy atom.